The van der Waals surface area contributed by atoms with Crippen LogP contribution in [0.15, 0.2) is 218 Å². The highest BCUT2D eigenvalue weighted by Crippen LogP contribution is 2.62. The van der Waals surface area contributed by atoms with E-state index in [1.54, 1.807) is 0 Å². The fraction of sp³-hybridized carbons (Fsp3) is 0.117. The first kappa shape index (κ1) is 45.6. The van der Waals surface area contributed by atoms with Gasteiger partial charge in [-0.15, -0.1) is 22.7 Å². The van der Waals surface area contributed by atoms with Crippen LogP contribution < -0.4 is 0 Å². The van der Waals surface area contributed by atoms with Crippen molar-refractivity contribution < 1.29 is 0 Å². The van der Waals surface area contributed by atoms with Crippen molar-refractivity contribution in [2.75, 3.05) is 0 Å². The standard InChI is InChI=1S/C77H54S2/c1-75(2)63-41-61-65(76(3,4)67-37-57(47-25-13-15-27-49(47)69(61)67)55-35-19-33-53-51-31-17-29-45(71(51)78-73(53)55)43-21-9-7-10-22-43)39-59(63)60-40-66-62(42-64(60)75)70-50-28-16-14-26-48(50)58(38-68(70)77(66,5)6)56-36-20-34-54-52-32-18-30-46(72(52)79-74(54)56)44-23-11-8-12-24-44/h7-42H,1-6H3. The molecule has 17 rings (SSSR count). The fourth-order valence-electron chi connectivity index (χ4n) is 15.1. The lowest BCUT2D eigenvalue weighted by molar-refractivity contribution is 0.649. The van der Waals surface area contributed by atoms with Crippen molar-refractivity contribution in [1.82, 2.24) is 0 Å². The van der Waals surface area contributed by atoms with Crippen molar-refractivity contribution in [3.8, 4) is 77.9 Å². The number of rotatable bonds is 4. The van der Waals surface area contributed by atoms with Crippen molar-refractivity contribution in [2.24, 2.45) is 0 Å². The third-order valence-electron chi connectivity index (χ3n) is 19.1. The van der Waals surface area contributed by atoms with Gasteiger partial charge in [0.1, 0.15) is 0 Å². The van der Waals surface area contributed by atoms with Crippen LogP contribution in [0.3, 0.4) is 0 Å². The molecule has 374 valence electrons. The average molecular weight is 1040 g/mol. The Balaban J connectivity index is 0.814. The van der Waals surface area contributed by atoms with Gasteiger partial charge in [-0.1, -0.05) is 224 Å². The second kappa shape index (κ2) is 15.9. The van der Waals surface area contributed by atoms with E-state index in [0.29, 0.717) is 0 Å². The largest absolute Gasteiger partial charge is 0.134 e. The molecule has 79 heavy (non-hydrogen) atoms. The molecule has 12 aromatic carbocycles. The van der Waals surface area contributed by atoms with Crippen LogP contribution >= 0.6 is 22.7 Å². The molecule has 0 radical (unpaired) electrons. The Morgan fingerprint density at radius 3 is 0.886 bits per heavy atom. The zero-order valence-corrected chi connectivity index (χ0v) is 46.7. The molecule has 0 aliphatic heterocycles. The Bertz CT molecular complexity index is 4700. The summed E-state index contributed by atoms with van der Waals surface area (Å²) in [5, 5.41) is 10.6. The van der Waals surface area contributed by atoms with E-state index in [1.165, 1.54) is 173 Å². The summed E-state index contributed by atoms with van der Waals surface area (Å²) < 4.78 is 5.40. The van der Waals surface area contributed by atoms with Crippen molar-refractivity contribution in [3.05, 3.63) is 252 Å². The van der Waals surface area contributed by atoms with Gasteiger partial charge in [-0.2, -0.15) is 0 Å². The van der Waals surface area contributed by atoms with Crippen molar-refractivity contribution in [3.63, 3.8) is 0 Å². The molecule has 0 amide bonds. The molecule has 0 fully saturated rings. The summed E-state index contributed by atoms with van der Waals surface area (Å²) in [6, 6.07) is 83.4. The van der Waals surface area contributed by atoms with E-state index in [1.807, 2.05) is 22.7 Å². The summed E-state index contributed by atoms with van der Waals surface area (Å²) >= 11 is 3.89. The normalized spacial score (nSPS) is 15.0. The van der Waals surface area contributed by atoms with Gasteiger partial charge >= 0.3 is 0 Å². The highest BCUT2D eigenvalue weighted by molar-refractivity contribution is 7.27. The molecule has 0 atom stereocenters. The van der Waals surface area contributed by atoms with E-state index in [-0.39, 0.29) is 16.2 Å². The molecular weight excluding hydrogens is 989 g/mol. The molecule has 3 aliphatic rings. The summed E-state index contributed by atoms with van der Waals surface area (Å²) in [7, 11) is 0. The second-order valence-corrected chi connectivity index (χ2v) is 26.3. The third kappa shape index (κ3) is 6.03. The Labute approximate surface area is 468 Å². The van der Waals surface area contributed by atoms with Crippen LogP contribution in [-0.2, 0) is 16.2 Å². The minimum absolute atomic E-state index is 0.217. The van der Waals surface area contributed by atoms with E-state index in [9.17, 15) is 0 Å². The first-order chi connectivity index (χ1) is 38.5. The van der Waals surface area contributed by atoms with Gasteiger partial charge in [0.25, 0.3) is 0 Å². The predicted octanol–water partition coefficient (Wildman–Crippen LogP) is 22.3. The molecule has 2 heterocycles. The predicted molar refractivity (Wildman–Crippen MR) is 342 cm³/mol. The highest BCUT2D eigenvalue weighted by atomic mass is 32.1. The smallest absolute Gasteiger partial charge is 0.0434 e. The zero-order chi connectivity index (χ0) is 52.8. The maximum atomic E-state index is 2.62. The molecule has 14 aromatic rings. The lowest BCUT2D eigenvalue weighted by Gasteiger charge is -2.25. The first-order valence-electron chi connectivity index (χ1n) is 28.0. The van der Waals surface area contributed by atoms with Crippen LogP contribution in [0.1, 0.15) is 74.9 Å². The fourth-order valence-corrected chi connectivity index (χ4v) is 17.8. The summed E-state index contributed by atoms with van der Waals surface area (Å²) in [5.41, 5.74) is 26.6. The number of benzene rings is 12. The molecule has 0 N–H and O–H groups in total. The van der Waals surface area contributed by atoms with Gasteiger partial charge in [0, 0.05) is 67.7 Å². The van der Waals surface area contributed by atoms with Gasteiger partial charge in [0.05, 0.1) is 0 Å². The minimum atomic E-state index is -0.234. The molecule has 2 heteroatoms. The van der Waals surface area contributed by atoms with E-state index < -0.39 is 0 Å². The molecule has 0 unspecified atom stereocenters. The maximum absolute atomic E-state index is 2.62. The average Bonchev–Trinajstić information content (AvgIpc) is 2.89. The molecule has 0 bridgehead atoms. The van der Waals surface area contributed by atoms with Gasteiger partial charge < -0.3 is 0 Å². The lowest BCUT2D eigenvalue weighted by Crippen LogP contribution is -2.17. The Hall–Kier alpha value is -8.40. The first-order valence-corrected chi connectivity index (χ1v) is 29.6. The second-order valence-electron chi connectivity index (χ2n) is 24.2. The lowest BCUT2D eigenvalue weighted by atomic mass is 9.78. The molecule has 2 aromatic heterocycles. The molecule has 3 aliphatic carbocycles. The summed E-state index contributed by atoms with van der Waals surface area (Å²) in [5.74, 6) is 0. The van der Waals surface area contributed by atoms with Crippen LogP contribution in [0.2, 0.25) is 0 Å². The van der Waals surface area contributed by atoms with E-state index >= 15 is 0 Å². The topological polar surface area (TPSA) is 0 Å². The molecule has 0 saturated heterocycles. The molecule has 0 saturated carbocycles. The summed E-state index contributed by atoms with van der Waals surface area (Å²) in [6.45, 7) is 14.9. The third-order valence-corrected chi connectivity index (χ3v) is 21.6. The Kier molecular flexibility index (Phi) is 9.17. The Morgan fingerprint density at radius 2 is 0.494 bits per heavy atom. The molecule has 0 nitrogen and oxygen atoms in total. The highest BCUT2D eigenvalue weighted by Gasteiger charge is 2.46. The zero-order valence-electron chi connectivity index (χ0n) is 45.1. The van der Waals surface area contributed by atoms with Crippen LogP contribution in [0, 0.1) is 0 Å². The number of fused-ring (bicyclic) bond motifs is 19. The minimum Gasteiger partial charge on any atom is -0.134 e. The monoisotopic (exact) mass is 1040 g/mol. The van der Waals surface area contributed by atoms with E-state index in [0.717, 1.165) is 0 Å². The van der Waals surface area contributed by atoms with Gasteiger partial charge in [-0.25, -0.2) is 0 Å². The van der Waals surface area contributed by atoms with Crippen molar-refractivity contribution >= 4 is 84.6 Å². The number of hydrogen-bond donors (Lipinski definition) is 0. The Morgan fingerprint density at radius 1 is 0.215 bits per heavy atom. The SMILES string of the molecule is CC1(C)c2cc3c(cc2-c2cc4c(cc21)-c1c(cc(-c2cccc5c2sc2c(-c6ccccc6)cccc25)c2ccccc12)C4(C)C)C(C)(C)c1cc(-c2cccc4c2sc2c(-c5ccccc5)cccc24)c2ccccc2c1-3. The number of thiophene rings is 2. The van der Waals surface area contributed by atoms with E-state index in [4.69, 9.17) is 0 Å². The number of hydrogen-bond acceptors (Lipinski definition) is 2. The van der Waals surface area contributed by atoms with Gasteiger partial charge in [-0.3, -0.25) is 0 Å². The van der Waals surface area contributed by atoms with Crippen LogP contribution in [0.4, 0.5) is 0 Å². The van der Waals surface area contributed by atoms with Crippen LogP contribution in [0.25, 0.3) is 140 Å². The van der Waals surface area contributed by atoms with E-state index in [2.05, 4.69) is 260 Å². The molecular formula is C77H54S2. The van der Waals surface area contributed by atoms with Crippen molar-refractivity contribution in [1.29, 1.82) is 0 Å². The quantitative estimate of drug-likeness (QED) is 0.165. The maximum Gasteiger partial charge on any atom is 0.0434 e. The molecule has 0 spiro atoms. The van der Waals surface area contributed by atoms with Crippen LogP contribution in [0.5, 0.6) is 0 Å². The van der Waals surface area contributed by atoms with Gasteiger partial charge in [-0.05, 0) is 158 Å². The van der Waals surface area contributed by atoms with Gasteiger partial charge in [0.15, 0.2) is 0 Å². The van der Waals surface area contributed by atoms with Crippen molar-refractivity contribution in [2.45, 2.75) is 57.8 Å². The van der Waals surface area contributed by atoms with Crippen LogP contribution in [-0.4, -0.2) is 0 Å². The summed E-state index contributed by atoms with van der Waals surface area (Å²) in [4.78, 5) is 0. The van der Waals surface area contributed by atoms with Gasteiger partial charge in [0.2, 0.25) is 0 Å². The summed E-state index contributed by atoms with van der Waals surface area (Å²) in [6.07, 6.45) is 0.